The number of hydrogen-bond donors (Lipinski definition) is 0. The Bertz CT molecular complexity index is 1040. The van der Waals surface area contributed by atoms with Crippen molar-refractivity contribution in [2.75, 3.05) is 4.90 Å². The Morgan fingerprint density at radius 1 is 0.600 bits per heavy atom. The smallest absolute Gasteiger partial charge is 0.238 e. The van der Waals surface area contributed by atoms with E-state index in [1.807, 2.05) is 60.7 Å². The van der Waals surface area contributed by atoms with Gasteiger partial charge in [0.1, 0.15) is 5.82 Å². The molecular weight excluding hydrogens is 377 g/mol. The number of benzene rings is 3. The third-order valence-electron chi connectivity index (χ3n) is 6.15. The summed E-state index contributed by atoms with van der Waals surface area (Å²) < 4.78 is 13.4. The maximum Gasteiger partial charge on any atom is 0.238 e. The first-order chi connectivity index (χ1) is 14.6. The van der Waals surface area contributed by atoms with E-state index in [4.69, 9.17) is 0 Å². The van der Waals surface area contributed by atoms with Crippen molar-refractivity contribution in [1.82, 2.24) is 0 Å². The molecule has 0 saturated carbocycles. The second kappa shape index (κ2) is 7.38. The summed E-state index contributed by atoms with van der Waals surface area (Å²) >= 11 is 0. The molecule has 3 aromatic rings. The average molecular weight is 397 g/mol. The van der Waals surface area contributed by atoms with E-state index in [1.165, 1.54) is 29.2 Å². The van der Waals surface area contributed by atoms with Crippen molar-refractivity contribution >= 4 is 17.5 Å². The van der Waals surface area contributed by atoms with Crippen molar-refractivity contribution in [1.29, 1.82) is 0 Å². The Kier molecular flexibility index (Phi) is 4.55. The molecule has 0 radical (unpaired) electrons. The van der Waals surface area contributed by atoms with Crippen LogP contribution in [0.15, 0.2) is 97.1 Å². The van der Waals surface area contributed by atoms with Crippen molar-refractivity contribution in [2.24, 2.45) is 11.8 Å². The Labute approximate surface area is 174 Å². The lowest BCUT2D eigenvalue weighted by molar-refractivity contribution is -0.122. The predicted octanol–water partition coefficient (Wildman–Crippen LogP) is 5.07. The molecule has 2 amide bonds. The summed E-state index contributed by atoms with van der Waals surface area (Å²) in [4.78, 5) is 28.4. The summed E-state index contributed by atoms with van der Waals surface area (Å²) in [6, 6.07) is 25.2. The zero-order valence-electron chi connectivity index (χ0n) is 16.2. The summed E-state index contributed by atoms with van der Waals surface area (Å²) in [7, 11) is 0. The van der Waals surface area contributed by atoms with Gasteiger partial charge in [-0.2, -0.15) is 0 Å². The zero-order chi connectivity index (χ0) is 20.7. The van der Waals surface area contributed by atoms with E-state index in [1.54, 1.807) is 0 Å². The van der Waals surface area contributed by atoms with E-state index < -0.39 is 17.7 Å². The molecule has 30 heavy (non-hydrogen) atoms. The molecule has 0 aromatic heterocycles. The van der Waals surface area contributed by atoms with Crippen LogP contribution in [0.3, 0.4) is 0 Å². The van der Waals surface area contributed by atoms with Gasteiger partial charge < -0.3 is 0 Å². The highest BCUT2D eigenvalue weighted by Gasteiger charge is 2.55. The van der Waals surface area contributed by atoms with Crippen molar-refractivity contribution in [3.05, 3.63) is 114 Å². The lowest BCUT2D eigenvalue weighted by Crippen LogP contribution is -2.31. The molecule has 1 fully saturated rings. The van der Waals surface area contributed by atoms with Crippen LogP contribution in [-0.4, -0.2) is 11.8 Å². The number of hydrogen-bond acceptors (Lipinski definition) is 2. The number of amides is 2. The topological polar surface area (TPSA) is 37.4 Å². The van der Waals surface area contributed by atoms with Crippen LogP contribution in [0.5, 0.6) is 0 Å². The Hall–Kier alpha value is -3.53. The van der Waals surface area contributed by atoms with E-state index in [2.05, 4.69) is 12.2 Å². The van der Waals surface area contributed by atoms with Crippen LogP contribution in [0.1, 0.15) is 23.0 Å². The fourth-order valence-corrected chi connectivity index (χ4v) is 4.78. The first kappa shape index (κ1) is 18.5. The third-order valence-corrected chi connectivity index (χ3v) is 6.15. The number of fused-ring (bicyclic) bond motifs is 1. The van der Waals surface area contributed by atoms with Crippen molar-refractivity contribution in [3.8, 4) is 0 Å². The standard InChI is InChI=1S/C26H20FNO2/c27-19-11-13-20(14-12-19)28-25(29)23-21(17-7-3-1-4-8-17)15-16-22(24(23)26(28)30)18-9-5-2-6-10-18/h1-16,21-24H/t21-,22-,23-,24+/m0/s1. The van der Waals surface area contributed by atoms with Gasteiger partial charge in [0, 0.05) is 11.8 Å². The molecule has 1 aliphatic heterocycles. The van der Waals surface area contributed by atoms with Crippen molar-refractivity contribution in [2.45, 2.75) is 11.8 Å². The summed E-state index contributed by atoms with van der Waals surface area (Å²) in [6.07, 6.45) is 4.13. The van der Waals surface area contributed by atoms with Crippen LogP contribution < -0.4 is 4.90 Å². The summed E-state index contributed by atoms with van der Waals surface area (Å²) in [5.41, 5.74) is 2.44. The predicted molar refractivity (Wildman–Crippen MR) is 113 cm³/mol. The Morgan fingerprint density at radius 3 is 1.47 bits per heavy atom. The van der Waals surface area contributed by atoms with Gasteiger partial charge in [-0.05, 0) is 35.4 Å². The fourth-order valence-electron chi connectivity index (χ4n) is 4.78. The molecule has 1 heterocycles. The van der Waals surface area contributed by atoms with Gasteiger partial charge in [-0.3, -0.25) is 9.59 Å². The van der Waals surface area contributed by atoms with Gasteiger partial charge in [0.05, 0.1) is 17.5 Å². The molecule has 3 nitrogen and oxygen atoms in total. The van der Waals surface area contributed by atoms with E-state index >= 15 is 0 Å². The SMILES string of the molecule is O=C1[C@@H]2[C@H](C(=O)N1c1ccc(F)cc1)[C@H](c1ccccc1)C=C[C@H]2c1ccccc1. The van der Waals surface area contributed by atoms with Crippen LogP contribution in [-0.2, 0) is 9.59 Å². The second-order valence-corrected chi connectivity index (χ2v) is 7.80. The molecule has 0 spiro atoms. The Morgan fingerprint density at radius 2 is 1.03 bits per heavy atom. The van der Waals surface area contributed by atoms with Crippen LogP contribution in [0, 0.1) is 17.7 Å². The number of carbonyl (C=O) groups excluding carboxylic acids is 2. The fraction of sp³-hybridized carbons (Fsp3) is 0.154. The minimum atomic E-state index is -0.500. The average Bonchev–Trinajstić information content (AvgIpc) is 3.06. The van der Waals surface area contributed by atoms with Gasteiger partial charge in [-0.25, -0.2) is 9.29 Å². The monoisotopic (exact) mass is 397 g/mol. The normalized spacial score (nSPS) is 25.4. The number of halogens is 1. The molecule has 4 atom stereocenters. The van der Waals surface area contributed by atoms with Gasteiger partial charge in [-0.1, -0.05) is 72.8 Å². The highest BCUT2D eigenvalue weighted by molar-refractivity contribution is 6.22. The number of carbonyl (C=O) groups is 2. The number of rotatable bonds is 3. The third kappa shape index (κ3) is 2.96. The summed E-state index contributed by atoms with van der Waals surface area (Å²) in [5.74, 6) is -2.22. The quantitative estimate of drug-likeness (QED) is 0.457. The van der Waals surface area contributed by atoms with Gasteiger partial charge in [0.2, 0.25) is 11.8 Å². The molecule has 0 bridgehead atoms. The van der Waals surface area contributed by atoms with Gasteiger partial charge >= 0.3 is 0 Å². The first-order valence-corrected chi connectivity index (χ1v) is 10.1. The molecule has 3 aromatic carbocycles. The number of imide groups is 1. The largest absolute Gasteiger partial charge is 0.274 e. The van der Waals surface area contributed by atoms with Gasteiger partial charge in [0.15, 0.2) is 0 Å². The molecule has 5 rings (SSSR count). The molecule has 2 aliphatic rings. The van der Waals surface area contributed by atoms with Crippen molar-refractivity contribution < 1.29 is 14.0 Å². The molecule has 0 unspecified atom stereocenters. The maximum absolute atomic E-state index is 13.6. The lowest BCUT2D eigenvalue weighted by Gasteiger charge is -2.32. The first-order valence-electron chi connectivity index (χ1n) is 10.1. The van der Waals surface area contributed by atoms with Gasteiger partial charge in [-0.15, -0.1) is 0 Å². The van der Waals surface area contributed by atoms with E-state index in [-0.39, 0.29) is 23.7 Å². The summed E-state index contributed by atoms with van der Waals surface area (Å²) in [6.45, 7) is 0. The molecule has 148 valence electrons. The second-order valence-electron chi connectivity index (χ2n) is 7.80. The molecule has 1 saturated heterocycles. The van der Waals surface area contributed by atoms with E-state index in [0.717, 1.165) is 11.1 Å². The van der Waals surface area contributed by atoms with Crippen LogP contribution in [0.2, 0.25) is 0 Å². The zero-order valence-corrected chi connectivity index (χ0v) is 16.2. The highest BCUT2D eigenvalue weighted by Crippen LogP contribution is 2.50. The van der Waals surface area contributed by atoms with E-state index in [9.17, 15) is 14.0 Å². The van der Waals surface area contributed by atoms with Crippen molar-refractivity contribution in [3.63, 3.8) is 0 Å². The van der Waals surface area contributed by atoms with Crippen LogP contribution in [0.25, 0.3) is 0 Å². The number of allylic oxidation sites excluding steroid dienone is 2. The number of nitrogens with zero attached hydrogens (tertiary/aromatic N) is 1. The van der Waals surface area contributed by atoms with Crippen LogP contribution >= 0.6 is 0 Å². The minimum absolute atomic E-state index is 0.182. The summed E-state index contributed by atoms with van der Waals surface area (Å²) in [5, 5.41) is 0. The molecular formula is C26H20FNO2. The number of anilines is 1. The Balaban J connectivity index is 1.63. The molecule has 1 aliphatic carbocycles. The molecule has 4 heteroatoms. The van der Waals surface area contributed by atoms with E-state index in [0.29, 0.717) is 5.69 Å². The van der Waals surface area contributed by atoms with Gasteiger partial charge in [0.25, 0.3) is 0 Å². The highest BCUT2D eigenvalue weighted by atomic mass is 19.1. The minimum Gasteiger partial charge on any atom is -0.274 e. The molecule has 0 N–H and O–H groups in total. The lowest BCUT2D eigenvalue weighted by atomic mass is 9.68. The van der Waals surface area contributed by atoms with Crippen LogP contribution in [0.4, 0.5) is 10.1 Å². The maximum atomic E-state index is 13.6.